The largest absolute Gasteiger partial charge is 0.497 e. The second-order valence-electron chi connectivity index (χ2n) is 9.61. The van der Waals surface area contributed by atoms with E-state index in [0.29, 0.717) is 5.92 Å². The van der Waals surface area contributed by atoms with Crippen LogP contribution in [-0.2, 0) is 16.6 Å². The second kappa shape index (κ2) is 9.78. The van der Waals surface area contributed by atoms with Crippen molar-refractivity contribution in [3.05, 3.63) is 94.8 Å². The van der Waals surface area contributed by atoms with E-state index in [1.165, 1.54) is 16.7 Å². The minimum Gasteiger partial charge on any atom is -0.497 e. The number of hydrogen-bond donors (Lipinski definition) is 0. The van der Waals surface area contributed by atoms with E-state index in [-0.39, 0.29) is 5.91 Å². The number of aromatic nitrogens is 1. The Bertz CT molecular complexity index is 1080. The van der Waals surface area contributed by atoms with Crippen molar-refractivity contribution in [2.45, 2.75) is 51.4 Å². The molecule has 4 heteroatoms. The number of aryl methyl sites for hydroxylation is 1. The van der Waals surface area contributed by atoms with Gasteiger partial charge in [0.25, 0.3) is 0 Å². The summed E-state index contributed by atoms with van der Waals surface area (Å²) in [6.07, 6.45) is 4.84. The third-order valence-electron chi connectivity index (χ3n) is 7.05. The number of carbonyl (C=O) groups is 1. The van der Waals surface area contributed by atoms with Gasteiger partial charge in [-0.15, -0.1) is 0 Å². The van der Waals surface area contributed by atoms with Gasteiger partial charge in [0.1, 0.15) is 5.75 Å². The van der Waals surface area contributed by atoms with Gasteiger partial charge in [0.15, 0.2) is 0 Å². The molecule has 1 saturated heterocycles. The molecule has 1 aromatic heterocycles. The highest BCUT2D eigenvalue weighted by Crippen LogP contribution is 2.32. The third kappa shape index (κ3) is 5.11. The predicted molar refractivity (Wildman–Crippen MR) is 133 cm³/mol. The number of rotatable bonds is 6. The number of hydrogen-bond acceptors (Lipinski definition) is 3. The van der Waals surface area contributed by atoms with E-state index in [4.69, 9.17) is 9.72 Å². The highest BCUT2D eigenvalue weighted by Gasteiger charge is 2.35. The van der Waals surface area contributed by atoms with Crippen molar-refractivity contribution in [1.82, 2.24) is 9.88 Å². The minimum absolute atomic E-state index is 0.188. The Morgan fingerprint density at radius 2 is 1.73 bits per heavy atom. The van der Waals surface area contributed by atoms with E-state index in [0.717, 1.165) is 49.4 Å². The average Bonchev–Trinajstić information content (AvgIpc) is 2.85. The van der Waals surface area contributed by atoms with Crippen molar-refractivity contribution in [2.75, 3.05) is 20.2 Å². The Morgan fingerprint density at radius 3 is 2.33 bits per heavy atom. The molecule has 0 N–H and O–H groups in total. The number of likely N-dealkylation sites (tertiary alicyclic amines) is 1. The molecule has 3 aromatic rings. The van der Waals surface area contributed by atoms with Crippen molar-refractivity contribution in [1.29, 1.82) is 0 Å². The van der Waals surface area contributed by atoms with Gasteiger partial charge in [-0.25, -0.2) is 0 Å². The number of ether oxygens (including phenoxy) is 1. The molecule has 1 aliphatic rings. The monoisotopic (exact) mass is 442 g/mol. The maximum absolute atomic E-state index is 13.3. The van der Waals surface area contributed by atoms with Gasteiger partial charge in [-0.2, -0.15) is 0 Å². The lowest BCUT2D eigenvalue weighted by molar-refractivity contribution is -0.137. The summed E-state index contributed by atoms with van der Waals surface area (Å²) in [6.45, 7) is 7.73. The maximum Gasteiger partial charge on any atom is 0.232 e. The van der Waals surface area contributed by atoms with Crippen LogP contribution in [0, 0.1) is 6.92 Å². The average molecular weight is 443 g/mol. The van der Waals surface area contributed by atoms with Gasteiger partial charge in [0.2, 0.25) is 5.91 Å². The molecule has 0 atom stereocenters. The Morgan fingerprint density at radius 1 is 1.03 bits per heavy atom. The number of amides is 1. The highest BCUT2D eigenvalue weighted by atomic mass is 16.5. The van der Waals surface area contributed by atoms with Crippen molar-refractivity contribution >= 4 is 5.91 Å². The zero-order valence-electron chi connectivity index (χ0n) is 20.2. The fourth-order valence-electron chi connectivity index (χ4n) is 4.72. The van der Waals surface area contributed by atoms with Crippen LogP contribution >= 0.6 is 0 Å². The molecule has 2 aromatic carbocycles. The first-order valence-electron chi connectivity index (χ1n) is 11.8. The van der Waals surface area contributed by atoms with E-state index >= 15 is 0 Å². The molecule has 172 valence electrons. The summed E-state index contributed by atoms with van der Waals surface area (Å²) in [5, 5.41) is 0. The Kier molecular flexibility index (Phi) is 6.83. The molecule has 0 saturated carbocycles. The number of methoxy groups -OCH3 is 1. The summed E-state index contributed by atoms with van der Waals surface area (Å²) >= 11 is 0. The fourth-order valence-corrected chi connectivity index (χ4v) is 4.72. The SMILES string of the molecule is COc1ccc(C(C)(C)C(=O)N2CCC(c3ccc(Cc4ccccc4C)cn3)CC2)cc1. The van der Waals surface area contributed by atoms with E-state index in [1.54, 1.807) is 7.11 Å². The quantitative estimate of drug-likeness (QED) is 0.494. The molecule has 0 spiro atoms. The predicted octanol–water partition coefficient (Wildman–Crippen LogP) is 5.67. The molecule has 0 aliphatic carbocycles. The number of carbonyl (C=O) groups excluding carboxylic acids is 1. The van der Waals surface area contributed by atoms with Crippen LogP contribution in [0.25, 0.3) is 0 Å². The van der Waals surface area contributed by atoms with Gasteiger partial charge >= 0.3 is 0 Å². The Labute approximate surface area is 197 Å². The molecule has 0 bridgehead atoms. The highest BCUT2D eigenvalue weighted by molar-refractivity contribution is 5.87. The molecular formula is C29H34N2O2. The molecule has 2 heterocycles. The second-order valence-corrected chi connectivity index (χ2v) is 9.61. The summed E-state index contributed by atoms with van der Waals surface area (Å²) < 4.78 is 5.25. The molecule has 0 radical (unpaired) electrons. The molecule has 1 aliphatic heterocycles. The topological polar surface area (TPSA) is 42.4 Å². The van der Waals surface area contributed by atoms with Crippen molar-refractivity contribution in [2.24, 2.45) is 0 Å². The maximum atomic E-state index is 13.3. The van der Waals surface area contributed by atoms with Crippen molar-refractivity contribution < 1.29 is 9.53 Å². The molecular weight excluding hydrogens is 408 g/mol. The van der Waals surface area contributed by atoms with Crippen molar-refractivity contribution in [3.8, 4) is 5.75 Å². The molecule has 33 heavy (non-hydrogen) atoms. The van der Waals surface area contributed by atoms with Crippen LogP contribution < -0.4 is 4.74 Å². The standard InChI is InChI=1S/C29H34N2O2/c1-21-7-5-6-8-24(21)19-22-9-14-27(30-20-22)23-15-17-31(18-16-23)28(32)29(2,3)25-10-12-26(33-4)13-11-25/h5-14,20,23H,15-19H2,1-4H3. The van der Waals surface area contributed by atoms with Gasteiger partial charge in [-0.1, -0.05) is 42.5 Å². The zero-order valence-corrected chi connectivity index (χ0v) is 20.2. The van der Waals surface area contributed by atoms with Crippen LogP contribution in [0.5, 0.6) is 5.75 Å². The van der Waals surface area contributed by atoms with Crippen LogP contribution in [0.15, 0.2) is 66.9 Å². The first kappa shape index (κ1) is 23.0. The van der Waals surface area contributed by atoms with Crippen LogP contribution in [0.3, 0.4) is 0 Å². The van der Waals surface area contributed by atoms with Crippen LogP contribution in [0.4, 0.5) is 0 Å². The fraction of sp³-hybridized carbons (Fsp3) is 0.379. The first-order valence-corrected chi connectivity index (χ1v) is 11.8. The summed E-state index contributed by atoms with van der Waals surface area (Å²) in [4.78, 5) is 20.2. The van der Waals surface area contributed by atoms with Gasteiger partial charge in [0.05, 0.1) is 12.5 Å². The first-order chi connectivity index (χ1) is 15.9. The van der Waals surface area contributed by atoms with E-state index < -0.39 is 5.41 Å². The van der Waals surface area contributed by atoms with E-state index in [2.05, 4.69) is 43.3 Å². The van der Waals surface area contributed by atoms with Gasteiger partial charge in [-0.05, 0) is 80.5 Å². The van der Waals surface area contributed by atoms with Gasteiger partial charge < -0.3 is 9.64 Å². The zero-order chi connectivity index (χ0) is 23.4. The lowest BCUT2D eigenvalue weighted by Gasteiger charge is -2.37. The molecule has 4 rings (SSSR count). The summed E-state index contributed by atoms with van der Waals surface area (Å²) in [5.74, 6) is 1.40. The summed E-state index contributed by atoms with van der Waals surface area (Å²) in [7, 11) is 1.65. The van der Waals surface area contributed by atoms with Crippen LogP contribution in [-0.4, -0.2) is 36.0 Å². The van der Waals surface area contributed by atoms with Crippen LogP contribution in [0.2, 0.25) is 0 Å². The molecule has 1 fully saturated rings. The van der Waals surface area contributed by atoms with Gasteiger partial charge in [-0.3, -0.25) is 9.78 Å². The molecule has 0 unspecified atom stereocenters. The van der Waals surface area contributed by atoms with E-state index in [1.807, 2.05) is 49.2 Å². The van der Waals surface area contributed by atoms with Crippen LogP contribution in [0.1, 0.15) is 60.6 Å². The lowest BCUT2D eigenvalue weighted by Crippen LogP contribution is -2.46. The van der Waals surface area contributed by atoms with Gasteiger partial charge in [0, 0.05) is 30.9 Å². The Hall–Kier alpha value is -3.14. The normalized spacial score (nSPS) is 14.8. The molecule has 1 amide bonds. The minimum atomic E-state index is -0.561. The number of nitrogens with zero attached hydrogens (tertiary/aromatic N) is 2. The summed E-state index contributed by atoms with van der Waals surface area (Å²) in [5.41, 5.74) is 5.50. The number of piperidine rings is 1. The third-order valence-corrected chi connectivity index (χ3v) is 7.05. The Balaban J connectivity index is 1.36. The lowest BCUT2D eigenvalue weighted by atomic mass is 9.82. The van der Waals surface area contributed by atoms with Crippen molar-refractivity contribution in [3.63, 3.8) is 0 Å². The van der Waals surface area contributed by atoms with E-state index in [9.17, 15) is 4.79 Å². The smallest absolute Gasteiger partial charge is 0.232 e. The summed E-state index contributed by atoms with van der Waals surface area (Å²) in [6, 6.07) is 20.7. The number of benzene rings is 2. The molecule has 4 nitrogen and oxygen atoms in total. The number of pyridine rings is 1.